The van der Waals surface area contributed by atoms with E-state index in [0.717, 1.165) is 43.4 Å². The molecule has 0 saturated heterocycles. The normalized spacial score (nSPS) is 47.2. The average molecular weight is 443 g/mol. The largest absolute Gasteiger partial charge is 0.393 e. The minimum absolute atomic E-state index is 0.0938. The molecule has 0 radical (unpaired) electrons. The van der Waals surface area contributed by atoms with E-state index in [2.05, 4.69) is 20.8 Å². The van der Waals surface area contributed by atoms with E-state index < -0.39 is 12.1 Å². The lowest BCUT2D eigenvalue weighted by Gasteiger charge is -2.61. The molecule has 4 heteroatoms. The maximum Gasteiger partial charge on any atom is 0.391 e. The fraction of sp³-hybridized carbons (Fsp3) is 1.00. The van der Waals surface area contributed by atoms with Crippen molar-refractivity contribution in [2.75, 3.05) is 0 Å². The van der Waals surface area contributed by atoms with E-state index in [-0.39, 0.29) is 12.5 Å². The third-order valence-corrected chi connectivity index (χ3v) is 11.3. The summed E-state index contributed by atoms with van der Waals surface area (Å²) in [6, 6.07) is 0. The lowest BCUT2D eigenvalue weighted by atomic mass is 9.44. The minimum atomic E-state index is -4.06. The predicted molar refractivity (Wildman–Crippen MR) is 119 cm³/mol. The van der Waals surface area contributed by atoms with E-state index in [9.17, 15) is 18.3 Å². The van der Waals surface area contributed by atoms with Gasteiger partial charge in [-0.25, -0.2) is 0 Å². The molecule has 0 aliphatic heterocycles. The first kappa shape index (κ1) is 23.9. The van der Waals surface area contributed by atoms with E-state index >= 15 is 0 Å². The van der Waals surface area contributed by atoms with Crippen molar-refractivity contribution in [1.82, 2.24) is 0 Å². The smallest absolute Gasteiger partial charge is 0.391 e. The molecule has 1 N–H and O–H groups in total. The van der Waals surface area contributed by atoms with Crippen LogP contribution in [0, 0.1) is 52.3 Å². The van der Waals surface area contributed by atoms with E-state index in [1.807, 2.05) is 0 Å². The predicted octanol–water partition coefficient (Wildman–Crippen LogP) is 8.01. The van der Waals surface area contributed by atoms with Crippen LogP contribution in [0.2, 0.25) is 0 Å². The number of hydrogen-bond donors (Lipinski definition) is 1. The molecule has 10 atom stereocenters. The third kappa shape index (κ3) is 4.10. The van der Waals surface area contributed by atoms with Gasteiger partial charge in [-0.2, -0.15) is 13.2 Å². The SMILES string of the molecule is CCC(CCC(C)C(F)(F)F)C1CCC2C3CC[C@H]4CC(O)CCC4(C)C3CCC12C. The molecule has 0 heterocycles. The second kappa shape index (κ2) is 8.51. The van der Waals surface area contributed by atoms with Gasteiger partial charge in [-0.3, -0.25) is 0 Å². The first-order valence-corrected chi connectivity index (χ1v) is 13.3. The molecule has 4 rings (SSSR count). The molecule has 180 valence electrons. The number of aliphatic hydroxyl groups is 1. The Morgan fingerprint density at radius 3 is 2.26 bits per heavy atom. The second-order valence-corrected chi connectivity index (χ2v) is 12.5. The summed E-state index contributed by atoms with van der Waals surface area (Å²) in [7, 11) is 0. The van der Waals surface area contributed by atoms with Gasteiger partial charge in [0.25, 0.3) is 0 Å². The van der Waals surface area contributed by atoms with Crippen LogP contribution >= 0.6 is 0 Å². The Balaban J connectivity index is 1.47. The van der Waals surface area contributed by atoms with Gasteiger partial charge in [0.05, 0.1) is 12.0 Å². The van der Waals surface area contributed by atoms with Crippen LogP contribution in [0.15, 0.2) is 0 Å². The molecule has 0 aromatic heterocycles. The van der Waals surface area contributed by atoms with Crippen molar-refractivity contribution < 1.29 is 18.3 Å². The van der Waals surface area contributed by atoms with Gasteiger partial charge in [0.1, 0.15) is 0 Å². The molecule has 0 amide bonds. The molecule has 4 fully saturated rings. The van der Waals surface area contributed by atoms with Gasteiger partial charge in [0.15, 0.2) is 0 Å². The zero-order valence-electron chi connectivity index (χ0n) is 20.2. The van der Waals surface area contributed by atoms with Gasteiger partial charge in [-0.05, 0) is 117 Å². The van der Waals surface area contributed by atoms with Gasteiger partial charge < -0.3 is 5.11 Å². The van der Waals surface area contributed by atoms with Crippen molar-refractivity contribution in [3.8, 4) is 0 Å². The molecule has 9 unspecified atom stereocenters. The zero-order valence-corrected chi connectivity index (χ0v) is 20.2. The van der Waals surface area contributed by atoms with Crippen LogP contribution in [0.3, 0.4) is 0 Å². The quantitative estimate of drug-likeness (QED) is 0.457. The van der Waals surface area contributed by atoms with E-state index in [1.165, 1.54) is 51.9 Å². The topological polar surface area (TPSA) is 20.2 Å². The number of rotatable bonds is 5. The Bertz CT molecular complexity index is 632. The van der Waals surface area contributed by atoms with Crippen LogP contribution < -0.4 is 0 Å². The Labute approximate surface area is 187 Å². The summed E-state index contributed by atoms with van der Waals surface area (Å²) >= 11 is 0. The highest BCUT2D eigenvalue weighted by atomic mass is 19.4. The van der Waals surface area contributed by atoms with Crippen molar-refractivity contribution in [3.05, 3.63) is 0 Å². The Morgan fingerprint density at radius 2 is 1.58 bits per heavy atom. The molecule has 0 aromatic rings. The van der Waals surface area contributed by atoms with E-state index in [4.69, 9.17) is 0 Å². The van der Waals surface area contributed by atoms with Crippen LogP contribution in [-0.4, -0.2) is 17.4 Å². The van der Waals surface area contributed by atoms with Gasteiger partial charge in [-0.15, -0.1) is 0 Å². The summed E-state index contributed by atoms with van der Waals surface area (Å²) in [6.07, 6.45) is 8.69. The Hall–Kier alpha value is -0.250. The molecular weight excluding hydrogens is 397 g/mol. The molecule has 0 aromatic carbocycles. The van der Waals surface area contributed by atoms with Crippen LogP contribution in [0.4, 0.5) is 13.2 Å². The molecule has 4 saturated carbocycles. The second-order valence-electron chi connectivity index (χ2n) is 12.5. The van der Waals surface area contributed by atoms with Crippen molar-refractivity contribution >= 4 is 0 Å². The Kier molecular flexibility index (Phi) is 6.56. The third-order valence-electron chi connectivity index (χ3n) is 11.3. The highest BCUT2D eigenvalue weighted by Gasteiger charge is 2.60. The van der Waals surface area contributed by atoms with Crippen molar-refractivity contribution in [2.24, 2.45) is 52.3 Å². The summed E-state index contributed by atoms with van der Waals surface area (Å²) in [5, 5.41) is 10.2. The highest BCUT2D eigenvalue weighted by molar-refractivity contribution is 5.09. The van der Waals surface area contributed by atoms with Gasteiger partial charge in [-0.1, -0.05) is 34.1 Å². The van der Waals surface area contributed by atoms with Crippen LogP contribution in [0.5, 0.6) is 0 Å². The zero-order chi connectivity index (χ0) is 22.6. The Morgan fingerprint density at radius 1 is 0.903 bits per heavy atom. The molecule has 0 spiro atoms. The summed E-state index contributed by atoms with van der Waals surface area (Å²) in [5.74, 6) is 2.89. The molecule has 4 aliphatic carbocycles. The summed E-state index contributed by atoms with van der Waals surface area (Å²) in [5.41, 5.74) is 0.717. The first-order chi connectivity index (χ1) is 14.5. The lowest BCUT2D eigenvalue weighted by molar-refractivity contribution is -0.172. The number of halogens is 3. The highest BCUT2D eigenvalue weighted by Crippen LogP contribution is 2.68. The molecule has 4 aliphatic rings. The monoisotopic (exact) mass is 442 g/mol. The number of hydrogen-bond acceptors (Lipinski definition) is 1. The molecule has 1 nitrogen and oxygen atoms in total. The number of fused-ring (bicyclic) bond motifs is 5. The lowest BCUT2D eigenvalue weighted by Crippen LogP contribution is -2.54. The maximum absolute atomic E-state index is 13.1. The van der Waals surface area contributed by atoms with Crippen molar-refractivity contribution in [3.63, 3.8) is 0 Å². The standard InChI is InChI=1S/C27H45F3O/c1-5-18(7-6-17(2)27(28,29)30)22-10-11-23-21-9-8-19-16-20(31)12-14-25(19,3)24(21)13-15-26(22,23)4/h17-24,31H,5-16H2,1-4H3/t17?,18?,19-,20?,21?,22?,23?,24?,25?,26?/m0/s1. The average Bonchev–Trinajstić information content (AvgIpc) is 3.05. The molecule has 31 heavy (non-hydrogen) atoms. The van der Waals surface area contributed by atoms with Gasteiger partial charge in [0, 0.05) is 0 Å². The number of aliphatic hydroxyl groups excluding tert-OH is 1. The van der Waals surface area contributed by atoms with Gasteiger partial charge >= 0.3 is 6.18 Å². The van der Waals surface area contributed by atoms with Crippen LogP contribution in [0.1, 0.15) is 105 Å². The van der Waals surface area contributed by atoms with E-state index in [0.29, 0.717) is 28.6 Å². The van der Waals surface area contributed by atoms with Crippen molar-refractivity contribution in [1.29, 1.82) is 0 Å². The number of alkyl halides is 3. The maximum atomic E-state index is 13.1. The first-order valence-electron chi connectivity index (χ1n) is 13.3. The van der Waals surface area contributed by atoms with Crippen LogP contribution in [0.25, 0.3) is 0 Å². The fourth-order valence-electron chi connectivity index (χ4n) is 9.37. The van der Waals surface area contributed by atoms with E-state index in [1.54, 1.807) is 0 Å². The molecular formula is C27H45F3O. The summed E-state index contributed by atoms with van der Waals surface area (Å²) < 4.78 is 39.3. The van der Waals surface area contributed by atoms with Crippen LogP contribution in [-0.2, 0) is 0 Å². The van der Waals surface area contributed by atoms with Gasteiger partial charge in [0.2, 0.25) is 0 Å². The minimum Gasteiger partial charge on any atom is -0.393 e. The summed E-state index contributed by atoms with van der Waals surface area (Å²) in [6.45, 7) is 8.60. The fourth-order valence-corrected chi connectivity index (χ4v) is 9.37. The summed E-state index contributed by atoms with van der Waals surface area (Å²) in [4.78, 5) is 0. The van der Waals surface area contributed by atoms with Crippen molar-refractivity contribution in [2.45, 2.75) is 117 Å². The molecule has 0 bridgehead atoms.